The first-order valence-corrected chi connectivity index (χ1v) is 5.36. The Labute approximate surface area is 87.3 Å². The molecule has 14 heavy (non-hydrogen) atoms. The van der Waals surface area contributed by atoms with Gasteiger partial charge in [0.2, 0.25) is 0 Å². The molecule has 82 valence electrons. The zero-order valence-electron chi connectivity index (χ0n) is 9.99. The first kappa shape index (κ1) is 11.5. The van der Waals surface area contributed by atoms with Crippen LogP contribution in [0.15, 0.2) is 11.3 Å². The Bertz CT molecular complexity index is 229. The standard InChI is InChI=1S/C11H23N3/c1-8-6-7-11(13-4,14-5)9(2)10(8)12-3/h9,12-14H,6-7H2,1-5H3. The largest absolute Gasteiger partial charge is 0.391 e. The normalized spacial score (nSPS) is 26.5. The van der Waals surface area contributed by atoms with Gasteiger partial charge in [-0.1, -0.05) is 12.5 Å². The van der Waals surface area contributed by atoms with Crippen LogP contribution < -0.4 is 16.0 Å². The third kappa shape index (κ3) is 1.66. The Morgan fingerprint density at radius 2 is 1.79 bits per heavy atom. The van der Waals surface area contributed by atoms with Gasteiger partial charge in [-0.05, 0) is 33.9 Å². The average molecular weight is 197 g/mol. The maximum atomic E-state index is 3.42. The zero-order valence-corrected chi connectivity index (χ0v) is 9.99. The van der Waals surface area contributed by atoms with Crippen LogP contribution >= 0.6 is 0 Å². The highest BCUT2D eigenvalue weighted by atomic mass is 15.2. The van der Waals surface area contributed by atoms with Crippen LogP contribution in [-0.2, 0) is 0 Å². The highest BCUT2D eigenvalue weighted by Crippen LogP contribution is 2.33. The molecule has 0 saturated carbocycles. The summed E-state index contributed by atoms with van der Waals surface area (Å²) in [5, 5.41) is 10.2. The highest BCUT2D eigenvalue weighted by Gasteiger charge is 2.38. The number of hydrogen-bond donors (Lipinski definition) is 3. The van der Waals surface area contributed by atoms with E-state index in [9.17, 15) is 0 Å². The van der Waals surface area contributed by atoms with Crippen molar-refractivity contribution in [2.45, 2.75) is 32.4 Å². The molecule has 3 N–H and O–H groups in total. The summed E-state index contributed by atoms with van der Waals surface area (Å²) in [6, 6.07) is 0. The summed E-state index contributed by atoms with van der Waals surface area (Å²) >= 11 is 0. The van der Waals surface area contributed by atoms with Crippen molar-refractivity contribution in [3.8, 4) is 0 Å². The molecule has 0 saturated heterocycles. The minimum atomic E-state index is 0.0534. The van der Waals surface area contributed by atoms with Crippen LogP contribution in [0, 0.1) is 5.92 Å². The van der Waals surface area contributed by atoms with Gasteiger partial charge in [-0.2, -0.15) is 0 Å². The van der Waals surface area contributed by atoms with Crippen molar-refractivity contribution in [2.75, 3.05) is 21.1 Å². The molecule has 1 unspecified atom stereocenters. The Hall–Kier alpha value is -0.540. The highest BCUT2D eigenvalue weighted by molar-refractivity contribution is 5.22. The Morgan fingerprint density at radius 1 is 1.21 bits per heavy atom. The van der Waals surface area contributed by atoms with Crippen molar-refractivity contribution in [3.63, 3.8) is 0 Å². The first-order valence-electron chi connectivity index (χ1n) is 5.36. The van der Waals surface area contributed by atoms with Gasteiger partial charge in [-0.15, -0.1) is 0 Å². The summed E-state index contributed by atoms with van der Waals surface area (Å²) in [6.45, 7) is 4.49. The van der Waals surface area contributed by atoms with Crippen molar-refractivity contribution in [2.24, 2.45) is 5.92 Å². The van der Waals surface area contributed by atoms with Crippen molar-refractivity contribution in [3.05, 3.63) is 11.3 Å². The molecule has 0 aromatic rings. The molecule has 3 heteroatoms. The van der Waals surface area contributed by atoms with E-state index in [1.807, 2.05) is 21.1 Å². The van der Waals surface area contributed by atoms with Crippen molar-refractivity contribution in [1.29, 1.82) is 0 Å². The summed E-state index contributed by atoms with van der Waals surface area (Å²) in [6.07, 6.45) is 2.31. The predicted octanol–water partition coefficient (Wildman–Crippen LogP) is 1.04. The number of hydrogen-bond acceptors (Lipinski definition) is 3. The van der Waals surface area contributed by atoms with Gasteiger partial charge in [-0.25, -0.2) is 0 Å². The second-order valence-corrected chi connectivity index (χ2v) is 4.14. The molecule has 0 fully saturated rings. The molecule has 1 atom stereocenters. The van der Waals surface area contributed by atoms with E-state index >= 15 is 0 Å². The third-order valence-electron chi connectivity index (χ3n) is 3.69. The van der Waals surface area contributed by atoms with Gasteiger partial charge in [0.05, 0.1) is 5.66 Å². The van der Waals surface area contributed by atoms with Crippen molar-refractivity contribution >= 4 is 0 Å². The van der Waals surface area contributed by atoms with E-state index < -0.39 is 0 Å². The second-order valence-electron chi connectivity index (χ2n) is 4.14. The molecule has 0 heterocycles. The number of allylic oxidation sites excluding steroid dienone is 1. The molecule has 0 bridgehead atoms. The van der Waals surface area contributed by atoms with Crippen LogP contribution in [0.5, 0.6) is 0 Å². The Morgan fingerprint density at radius 3 is 2.21 bits per heavy atom. The molecule has 0 aromatic heterocycles. The molecule has 0 aliphatic heterocycles. The minimum Gasteiger partial charge on any atom is -0.391 e. The molecule has 0 aromatic carbocycles. The Kier molecular flexibility index (Phi) is 3.56. The van der Waals surface area contributed by atoms with Crippen LogP contribution in [0.25, 0.3) is 0 Å². The van der Waals surface area contributed by atoms with Gasteiger partial charge in [0.1, 0.15) is 0 Å². The molecule has 1 rings (SSSR count). The molecular formula is C11H23N3. The van der Waals surface area contributed by atoms with Crippen LogP contribution in [0.2, 0.25) is 0 Å². The maximum Gasteiger partial charge on any atom is 0.0767 e. The average Bonchev–Trinajstić information content (AvgIpc) is 2.20. The lowest BCUT2D eigenvalue weighted by Gasteiger charge is -2.44. The Balaban J connectivity index is 2.98. The zero-order chi connectivity index (χ0) is 10.8. The van der Waals surface area contributed by atoms with E-state index in [1.165, 1.54) is 11.3 Å². The van der Waals surface area contributed by atoms with Crippen LogP contribution in [0.3, 0.4) is 0 Å². The number of nitrogens with one attached hydrogen (secondary N) is 3. The van der Waals surface area contributed by atoms with E-state index in [2.05, 4.69) is 29.8 Å². The van der Waals surface area contributed by atoms with E-state index in [-0.39, 0.29) is 5.66 Å². The number of rotatable bonds is 3. The van der Waals surface area contributed by atoms with Gasteiger partial charge < -0.3 is 16.0 Å². The lowest BCUT2D eigenvalue weighted by molar-refractivity contribution is 0.185. The fourth-order valence-corrected chi connectivity index (χ4v) is 2.59. The smallest absolute Gasteiger partial charge is 0.0767 e. The molecule has 3 nitrogen and oxygen atoms in total. The molecule has 1 aliphatic rings. The molecular weight excluding hydrogens is 174 g/mol. The van der Waals surface area contributed by atoms with Gasteiger partial charge in [-0.3, -0.25) is 0 Å². The fourth-order valence-electron chi connectivity index (χ4n) is 2.59. The van der Waals surface area contributed by atoms with Gasteiger partial charge in [0.15, 0.2) is 0 Å². The van der Waals surface area contributed by atoms with Gasteiger partial charge in [0.25, 0.3) is 0 Å². The van der Waals surface area contributed by atoms with E-state index in [0.29, 0.717) is 5.92 Å². The summed E-state index contributed by atoms with van der Waals surface area (Å²) in [4.78, 5) is 0. The monoisotopic (exact) mass is 197 g/mol. The summed E-state index contributed by atoms with van der Waals surface area (Å²) in [5.41, 5.74) is 2.92. The van der Waals surface area contributed by atoms with Gasteiger partial charge in [0, 0.05) is 18.7 Å². The third-order valence-corrected chi connectivity index (χ3v) is 3.69. The summed E-state index contributed by atoms with van der Waals surface area (Å²) in [7, 11) is 6.07. The van der Waals surface area contributed by atoms with E-state index in [0.717, 1.165) is 12.8 Å². The quantitative estimate of drug-likeness (QED) is 0.592. The molecule has 0 radical (unpaired) electrons. The summed E-state index contributed by atoms with van der Waals surface area (Å²) in [5.74, 6) is 0.483. The lowest BCUT2D eigenvalue weighted by Crippen LogP contribution is -2.61. The molecule has 0 amide bonds. The maximum absolute atomic E-state index is 3.42. The van der Waals surface area contributed by atoms with E-state index in [1.54, 1.807) is 0 Å². The van der Waals surface area contributed by atoms with Crippen LogP contribution in [0.4, 0.5) is 0 Å². The second kappa shape index (κ2) is 4.32. The topological polar surface area (TPSA) is 36.1 Å². The van der Waals surface area contributed by atoms with Gasteiger partial charge >= 0.3 is 0 Å². The summed E-state index contributed by atoms with van der Waals surface area (Å²) < 4.78 is 0. The predicted molar refractivity (Wildman–Crippen MR) is 61.0 cm³/mol. The SMILES string of the molecule is CNC1=C(C)CCC(NC)(NC)C1C. The fraction of sp³-hybridized carbons (Fsp3) is 0.818. The molecule has 0 spiro atoms. The van der Waals surface area contributed by atoms with Crippen molar-refractivity contribution in [1.82, 2.24) is 16.0 Å². The lowest BCUT2D eigenvalue weighted by atomic mass is 9.79. The van der Waals surface area contributed by atoms with Crippen LogP contribution in [0.1, 0.15) is 26.7 Å². The first-order chi connectivity index (χ1) is 6.61. The van der Waals surface area contributed by atoms with E-state index in [4.69, 9.17) is 0 Å². The van der Waals surface area contributed by atoms with Crippen molar-refractivity contribution < 1.29 is 0 Å². The minimum absolute atomic E-state index is 0.0534. The van der Waals surface area contributed by atoms with Crippen LogP contribution in [-0.4, -0.2) is 26.8 Å². The molecule has 1 aliphatic carbocycles.